The number of quaternary nitrogens is 1. The van der Waals surface area contributed by atoms with E-state index in [1.54, 1.807) is 18.3 Å². The Labute approximate surface area is 228 Å². The zero-order valence-electron chi connectivity index (χ0n) is 20.4. The molecule has 0 aliphatic heterocycles. The number of halogens is 1. The van der Waals surface area contributed by atoms with E-state index in [-0.39, 0.29) is 29.7 Å². The van der Waals surface area contributed by atoms with Crippen LogP contribution in [-0.4, -0.2) is 32.3 Å². The van der Waals surface area contributed by atoms with Gasteiger partial charge in [-0.05, 0) is 93.6 Å². The van der Waals surface area contributed by atoms with Gasteiger partial charge < -0.3 is 24.0 Å². The van der Waals surface area contributed by atoms with E-state index >= 15 is 0 Å². The molecule has 0 amide bonds. The molecule has 0 saturated heterocycles. The number of non-ortho nitro benzene ring substituents is 1. The van der Waals surface area contributed by atoms with Crippen LogP contribution in [0.3, 0.4) is 0 Å². The highest BCUT2D eigenvalue weighted by molar-refractivity contribution is 6.07. The van der Waals surface area contributed by atoms with Crippen molar-refractivity contribution in [3.05, 3.63) is 123 Å². The van der Waals surface area contributed by atoms with E-state index in [2.05, 4.69) is 92.9 Å². The molecule has 0 atom stereocenters. The first-order chi connectivity index (χ1) is 16.8. The van der Waals surface area contributed by atoms with Gasteiger partial charge in [0.2, 0.25) is 0 Å². The van der Waals surface area contributed by atoms with E-state index in [1.807, 2.05) is 6.07 Å². The molecule has 0 aromatic heterocycles. The minimum atomic E-state index is -0.400. The first kappa shape index (κ1) is 25.5. The quantitative estimate of drug-likeness (QED) is 0.102. The number of nitro groups is 1. The largest absolute Gasteiger partial charge is 1.00 e. The third kappa shape index (κ3) is 5.15. The lowest BCUT2D eigenvalue weighted by Gasteiger charge is -2.23. The minimum absolute atomic E-state index is 0. The average molecular weight is 587 g/mol. The van der Waals surface area contributed by atoms with Crippen molar-refractivity contribution < 1.29 is 28.9 Å². The van der Waals surface area contributed by atoms with E-state index in [1.165, 1.54) is 40.1 Å². The number of benzene rings is 4. The lowest BCUT2D eigenvalue weighted by Crippen LogP contribution is -3.00. The molecule has 36 heavy (non-hydrogen) atoms. The van der Waals surface area contributed by atoms with Crippen molar-refractivity contribution in [1.29, 1.82) is 0 Å². The van der Waals surface area contributed by atoms with Crippen molar-refractivity contribution in [3.8, 4) is 11.1 Å². The van der Waals surface area contributed by atoms with Crippen LogP contribution in [-0.2, 0) is 0 Å². The molecule has 0 spiro atoms. The zero-order chi connectivity index (χ0) is 24.6. The lowest BCUT2D eigenvalue weighted by molar-refractivity contribution is -0.384. The van der Waals surface area contributed by atoms with Crippen molar-refractivity contribution >= 4 is 34.9 Å². The van der Waals surface area contributed by atoms with Crippen LogP contribution < -0.4 is 28.5 Å². The third-order valence-corrected chi connectivity index (χ3v) is 6.25. The molecular weight excluding hydrogens is 561 g/mol. The van der Waals surface area contributed by atoms with E-state index in [4.69, 9.17) is 0 Å². The summed E-state index contributed by atoms with van der Waals surface area (Å²) >= 11 is 0. The van der Waals surface area contributed by atoms with Crippen LogP contribution in [0, 0.1) is 10.1 Å². The van der Waals surface area contributed by atoms with Gasteiger partial charge in [0, 0.05) is 18.3 Å². The number of fused-ring (bicyclic) bond motifs is 3. The predicted molar refractivity (Wildman–Crippen MR) is 145 cm³/mol. The molecule has 1 aliphatic rings. The number of rotatable bonds is 5. The van der Waals surface area contributed by atoms with Gasteiger partial charge >= 0.3 is 0 Å². The summed E-state index contributed by atoms with van der Waals surface area (Å²) in [5, 5.41) is 10.9. The Bertz CT molecular complexity index is 1480. The second-order valence-corrected chi connectivity index (χ2v) is 9.54. The summed E-state index contributed by atoms with van der Waals surface area (Å²) in [5.74, 6) is 0. The zero-order valence-corrected chi connectivity index (χ0v) is 22.5. The molecule has 1 aliphatic carbocycles. The lowest BCUT2D eigenvalue weighted by atomic mass is 10.0. The average Bonchev–Trinajstić information content (AvgIpc) is 3.16. The number of aliphatic imine (C=N–C) groups is 1. The fraction of sp³-hybridized carbons (Fsp3) is 0.100. The van der Waals surface area contributed by atoms with E-state index in [0.717, 1.165) is 26.9 Å². The number of hydrogen-bond donors (Lipinski definition) is 0. The van der Waals surface area contributed by atoms with Gasteiger partial charge in [0.15, 0.2) is 0 Å². The van der Waals surface area contributed by atoms with Gasteiger partial charge in [-0.2, -0.15) is 0 Å². The Kier molecular flexibility index (Phi) is 7.19. The standard InChI is InChI=1S/C30H26N3O2.HI/c1-33(2,3)25-15-10-21(11-16-25)18-29-27-7-5-4-6-26(27)28-17-12-23(19-30(28)29)31-20-22-8-13-24(14-9-22)32(34)35;/h4-20H,1-3H3;1H/q+1;/p-1/b29-18+,31-20?;. The molecule has 4 aromatic carbocycles. The second kappa shape index (κ2) is 10.2. The molecule has 6 heteroatoms. The van der Waals surface area contributed by atoms with Crippen LogP contribution in [0.5, 0.6) is 0 Å². The Balaban J connectivity index is 0.00000304. The monoisotopic (exact) mass is 587 g/mol. The Morgan fingerprint density at radius 3 is 2.00 bits per heavy atom. The molecule has 0 unspecified atom stereocenters. The Morgan fingerprint density at radius 1 is 0.750 bits per heavy atom. The van der Waals surface area contributed by atoms with Crippen LogP contribution in [0.2, 0.25) is 0 Å². The van der Waals surface area contributed by atoms with E-state index in [0.29, 0.717) is 0 Å². The molecule has 0 fully saturated rings. The summed E-state index contributed by atoms with van der Waals surface area (Å²) in [6.45, 7) is 0. The van der Waals surface area contributed by atoms with Crippen LogP contribution in [0.15, 0.2) is 96.0 Å². The number of nitrogens with zero attached hydrogens (tertiary/aromatic N) is 3. The maximum absolute atomic E-state index is 10.9. The first-order valence-electron chi connectivity index (χ1n) is 11.5. The minimum Gasteiger partial charge on any atom is -1.00 e. The van der Waals surface area contributed by atoms with Gasteiger partial charge in [-0.15, -0.1) is 0 Å². The Hall–Kier alpha value is -3.62. The summed E-state index contributed by atoms with van der Waals surface area (Å²) in [6, 6.07) is 29.8. The van der Waals surface area contributed by atoms with Gasteiger partial charge in [-0.1, -0.05) is 30.3 Å². The Morgan fingerprint density at radius 2 is 1.36 bits per heavy atom. The number of hydrogen-bond acceptors (Lipinski definition) is 3. The van der Waals surface area contributed by atoms with Crippen LogP contribution >= 0.6 is 0 Å². The van der Waals surface area contributed by atoms with Gasteiger partial charge in [-0.25, -0.2) is 0 Å². The van der Waals surface area contributed by atoms with E-state index in [9.17, 15) is 10.1 Å². The maximum atomic E-state index is 10.9. The molecule has 0 bridgehead atoms. The molecule has 0 saturated carbocycles. The molecule has 0 N–H and O–H groups in total. The summed E-state index contributed by atoms with van der Waals surface area (Å²) < 4.78 is 0.776. The first-order valence-corrected chi connectivity index (χ1v) is 11.5. The van der Waals surface area contributed by atoms with Crippen molar-refractivity contribution in [2.24, 2.45) is 4.99 Å². The highest BCUT2D eigenvalue weighted by Crippen LogP contribution is 2.46. The van der Waals surface area contributed by atoms with Crippen LogP contribution in [0.1, 0.15) is 22.3 Å². The second-order valence-electron chi connectivity index (χ2n) is 9.54. The van der Waals surface area contributed by atoms with Gasteiger partial charge in [0.1, 0.15) is 5.69 Å². The summed E-state index contributed by atoms with van der Waals surface area (Å²) in [4.78, 5) is 15.1. The fourth-order valence-corrected chi connectivity index (χ4v) is 4.34. The van der Waals surface area contributed by atoms with Crippen molar-refractivity contribution in [2.45, 2.75) is 0 Å². The molecular formula is C30H26IN3O2. The van der Waals surface area contributed by atoms with Crippen molar-refractivity contribution in [3.63, 3.8) is 0 Å². The van der Waals surface area contributed by atoms with Crippen LogP contribution in [0.4, 0.5) is 17.1 Å². The van der Waals surface area contributed by atoms with Crippen molar-refractivity contribution in [1.82, 2.24) is 4.48 Å². The normalized spacial score (nSPS) is 13.4. The fourth-order valence-electron chi connectivity index (χ4n) is 4.34. The van der Waals surface area contributed by atoms with Gasteiger partial charge in [0.05, 0.1) is 31.8 Å². The SMILES string of the molecule is C[N+](C)(C)c1ccc(/C=C2\c3ccccc3-c3ccc(N=Cc4ccc([N+](=O)[O-])cc4)cc32)cc1.[I-]. The summed E-state index contributed by atoms with van der Waals surface area (Å²) in [6.07, 6.45) is 3.98. The van der Waals surface area contributed by atoms with Crippen LogP contribution in [0.25, 0.3) is 22.8 Å². The smallest absolute Gasteiger partial charge is 0.269 e. The highest BCUT2D eigenvalue weighted by atomic mass is 127. The van der Waals surface area contributed by atoms with E-state index < -0.39 is 4.92 Å². The summed E-state index contributed by atoms with van der Waals surface area (Å²) in [5.41, 5.74) is 10.1. The topological polar surface area (TPSA) is 55.5 Å². The number of nitro benzene ring substituents is 1. The maximum Gasteiger partial charge on any atom is 0.269 e. The summed E-state index contributed by atoms with van der Waals surface area (Å²) in [7, 11) is 6.49. The predicted octanol–water partition coefficient (Wildman–Crippen LogP) is 4.12. The molecule has 4 aromatic rings. The third-order valence-electron chi connectivity index (χ3n) is 6.25. The van der Waals surface area contributed by atoms with Gasteiger partial charge in [-0.3, -0.25) is 19.6 Å². The van der Waals surface area contributed by atoms with Crippen molar-refractivity contribution in [2.75, 3.05) is 21.1 Å². The molecule has 5 nitrogen and oxygen atoms in total. The molecule has 5 rings (SSSR count). The van der Waals surface area contributed by atoms with Gasteiger partial charge in [0.25, 0.3) is 5.69 Å². The molecule has 0 radical (unpaired) electrons. The molecule has 180 valence electrons. The molecule has 0 heterocycles. The highest BCUT2D eigenvalue weighted by Gasteiger charge is 2.23.